The largest absolute Gasteiger partial charge is 0.497 e. The third-order valence-corrected chi connectivity index (χ3v) is 6.69. The number of ether oxygens (including phenoxy) is 1. The maximum Gasteiger partial charge on any atom is 0.243 e. The first-order valence-electron chi connectivity index (χ1n) is 10.6. The fraction of sp³-hybridized carbons (Fsp3) is 0.435. The van der Waals surface area contributed by atoms with Crippen LogP contribution >= 0.6 is 11.8 Å². The maximum atomic E-state index is 13.2. The number of hydrogen-bond donors (Lipinski definition) is 1. The number of imidazole rings is 1. The summed E-state index contributed by atoms with van der Waals surface area (Å²) in [5, 5.41) is 4.11. The topological polar surface area (TPSA) is 69.0 Å². The molecular weight excluding hydrogens is 396 g/mol. The van der Waals surface area contributed by atoms with Gasteiger partial charge in [-0.3, -0.25) is 9.78 Å². The normalized spacial score (nSPS) is 15.4. The number of nitrogens with one attached hydrogen (secondary N) is 1. The van der Waals surface area contributed by atoms with Crippen molar-refractivity contribution in [3.8, 4) is 5.75 Å². The molecule has 0 saturated heterocycles. The molecule has 1 aliphatic carbocycles. The van der Waals surface area contributed by atoms with Gasteiger partial charge in [-0.25, -0.2) is 4.98 Å². The number of amides is 1. The molecule has 3 aromatic rings. The lowest BCUT2D eigenvalue weighted by Crippen LogP contribution is -2.38. The number of carbonyl (C=O) groups is 1. The Labute approximate surface area is 181 Å². The van der Waals surface area contributed by atoms with Crippen molar-refractivity contribution in [2.24, 2.45) is 0 Å². The van der Waals surface area contributed by atoms with E-state index in [9.17, 15) is 4.79 Å². The van der Waals surface area contributed by atoms with E-state index in [0.29, 0.717) is 12.5 Å². The van der Waals surface area contributed by atoms with Crippen molar-refractivity contribution >= 4 is 28.7 Å². The Morgan fingerprint density at radius 1 is 1.33 bits per heavy atom. The van der Waals surface area contributed by atoms with Crippen molar-refractivity contribution in [3.63, 3.8) is 0 Å². The highest BCUT2D eigenvalue weighted by Gasteiger charge is 2.27. The molecule has 1 atom stereocenters. The molecule has 7 heteroatoms. The van der Waals surface area contributed by atoms with E-state index < -0.39 is 0 Å². The second kappa shape index (κ2) is 9.51. The minimum Gasteiger partial charge on any atom is -0.497 e. The average molecular weight is 425 g/mol. The Balaban J connectivity index is 1.62. The van der Waals surface area contributed by atoms with Crippen molar-refractivity contribution in [2.75, 3.05) is 7.11 Å². The van der Waals surface area contributed by atoms with Gasteiger partial charge in [0.15, 0.2) is 5.16 Å². The van der Waals surface area contributed by atoms with Crippen molar-refractivity contribution < 1.29 is 9.53 Å². The van der Waals surface area contributed by atoms with Gasteiger partial charge in [-0.05, 0) is 43.0 Å². The van der Waals surface area contributed by atoms with E-state index >= 15 is 0 Å². The van der Waals surface area contributed by atoms with Crippen LogP contribution in [0.15, 0.2) is 47.9 Å². The number of carbonyl (C=O) groups excluding carboxylic acids is 1. The molecule has 0 unspecified atom stereocenters. The van der Waals surface area contributed by atoms with Gasteiger partial charge in [-0.1, -0.05) is 43.7 Å². The Kier molecular flexibility index (Phi) is 6.57. The molecule has 2 aromatic heterocycles. The van der Waals surface area contributed by atoms with Crippen LogP contribution in [-0.2, 0) is 10.5 Å². The van der Waals surface area contributed by atoms with Crippen LogP contribution in [0.25, 0.3) is 11.0 Å². The minimum atomic E-state index is -0.299. The predicted molar refractivity (Wildman–Crippen MR) is 120 cm³/mol. The number of hydrogen-bond acceptors (Lipinski definition) is 5. The predicted octanol–water partition coefficient (Wildman–Crippen LogP) is 4.74. The molecular formula is C23H28N4O2S. The van der Waals surface area contributed by atoms with Gasteiger partial charge in [0.25, 0.3) is 0 Å². The van der Waals surface area contributed by atoms with Crippen LogP contribution in [0.2, 0.25) is 0 Å². The summed E-state index contributed by atoms with van der Waals surface area (Å²) >= 11 is 1.64. The highest BCUT2D eigenvalue weighted by molar-refractivity contribution is 7.98. The Morgan fingerprint density at radius 3 is 2.93 bits per heavy atom. The fourth-order valence-electron chi connectivity index (χ4n) is 4.08. The van der Waals surface area contributed by atoms with Gasteiger partial charge in [-0.15, -0.1) is 0 Å². The van der Waals surface area contributed by atoms with Crippen molar-refractivity contribution in [3.05, 3.63) is 48.3 Å². The van der Waals surface area contributed by atoms with Gasteiger partial charge in [-0.2, -0.15) is 0 Å². The zero-order valence-electron chi connectivity index (χ0n) is 17.5. The Bertz CT molecular complexity index is 1010. The monoisotopic (exact) mass is 424 g/mol. The molecule has 1 amide bonds. The third-order valence-electron chi connectivity index (χ3n) is 5.66. The summed E-state index contributed by atoms with van der Waals surface area (Å²) in [6.45, 7) is 2.05. The summed E-state index contributed by atoms with van der Waals surface area (Å²) < 4.78 is 7.40. The Morgan fingerprint density at radius 2 is 2.17 bits per heavy atom. The summed E-state index contributed by atoms with van der Waals surface area (Å²) in [6.07, 6.45) is 8.80. The number of nitrogens with zero attached hydrogens (tertiary/aromatic N) is 3. The molecule has 0 spiro atoms. The molecule has 1 aromatic carbocycles. The maximum absolute atomic E-state index is 13.2. The average Bonchev–Trinajstić information content (AvgIpc) is 3.41. The highest BCUT2D eigenvalue weighted by atomic mass is 32.2. The molecule has 1 saturated carbocycles. The van der Waals surface area contributed by atoms with Crippen LogP contribution < -0.4 is 10.1 Å². The van der Waals surface area contributed by atoms with Gasteiger partial charge in [0.1, 0.15) is 11.8 Å². The molecule has 1 N–H and O–H groups in total. The lowest BCUT2D eigenvalue weighted by molar-refractivity contribution is -0.125. The quantitative estimate of drug-likeness (QED) is 0.529. The zero-order chi connectivity index (χ0) is 20.9. The first-order valence-corrected chi connectivity index (χ1v) is 11.6. The first-order chi connectivity index (χ1) is 14.7. The van der Waals surface area contributed by atoms with E-state index in [-0.39, 0.29) is 11.9 Å². The second-order valence-electron chi connectivity index (χ2n) is 7.68. The van der Waals surface area contributed by atoms with Crippen molar-refractivity contribution in [2.45, 2.75) is 62.0 Å². The molecule has 6 nitrogen and oxygen atoms in total. The zero-order valence-corrected chi connectivity index (χ0v) is 18.3. The van der Waals surface area contributed by atoms with Crippen LogP contribution in [0.5, 0.6) is 5.75 Å². The molecule has 0 bridgehead atoms. The summed E-state index contributed by atoms with van der Waals surface area (Å²) in [5.41, 5.74) is 2.92. The number of rotatable bonds is 8. The number of fused-ring (bicyclic) bond motifs is 1. The summed E-state index contributed by atoms with van der Waals surface area (Å²) in [6, 6.07) is 9.95. The summed E-state index contributed by atoms with van der Waals surface area (Å²) in [5.74, 6) is 1.67. The molecule has 30 heavy (non-hydrogen) atoms. The van der Waals surface area contributed by atoms with Crippen LogP contribution in [0.3, 0.4) is 0 Å². The SMILES string of the molecule is CC[C@@H](C(=O)NC1CCCC1)n1c(SCc2cccc(OC)c2)nc2ccncc21. The van der Waals surface area contributed by atoms with Gasteiger partial charge >= 0.3 is 0 Å². The van der Waals surface area contributed by atoms with Crippen LogP contribution in [0.1, 0.15) is 50.6 Å². The molecule has 1 aliphatic rings. The number of benzene rings is 1. The van der Waals surface area contributed by atoms with Crippen LogP contribution in [-0.4, -0.2) is 33.6 Å². The number of pyridine rings is 1. The fourth-order valence-corrected chi connectivity index (χ4v) is 5.09. The smallest absolute Gasteiger partial charge is 0.243 e. The molecule has 1 fully saturated rings. The van der Waals surface area contributed by atoms with Gasteiger partial charge < -0.3 is 14.6 Å². The minimum absolute atomic E-state index is 0.0794. The number of thioether (sulfide) groups is 1. The van der Waals surface area contributed by atoms with E-state index in [1.807, 2.05) is 30.5 Å². The third kappa shape index (κ3) is 4.46. The highest BCUT2D eigenvalue weighted by Crippen LogP contribution is 2.32. The van der Waals surface area contributed by atoms with E-state index in [2.05, 4.69) is 27.9 Å². The summed E-state index contributed by atoms with van der Waals surface area (Å²) in [4.78, 5) is 22.3. The number of aromatic nitrogens is 3. The van der Waals surface area contributed by atoms with E-state index in [4.69, 9.17) is 9.72 Å². The standard InChI is InChI=1S/C23H28N4O2S/c1-3-20(22(28)25-17-8-4-5-9-17)27-21-14-24-12-11-19(21)26-23(27)30-15-16-7-6-10-18(13-16)29-2/h6-7,10-14,17,20H,3-5,8-9,15H2,1-2H3,(H,25,28)/t20-/m0/s1. The molecule has 2 heterocycles. The van der Waals surface area contributed by atoms with Crippen LogP contribution in [0.4, 0.5) is 0 Å². The molecule has 0 aliphatic heterocycles. The second-order valence-corrected chi connectivity index (χ2v) is 8.63. The van der Waals surface area contributed by atoms with Crippen molar-refractivity contribution in [1.29, 1.82) is 0 Å². The van der Waals surface area contributed by atoms with E-state index in [0.717, 1.165) is 46.1 Å². The van der Waals surface area contributed by atoms with Gasteiger partial charge in [0.2, 0.25) is 5.91 Å². The van der Waals surface area contributed by atoms with Gasteiger partial charge in [0.05, 0.1) is 24.3 Å². The molecule has 4 rings (SSSR count). The lowest BCUT2D eigenvalue weighted by atomic mass is 10.1. The molecule has 0 radical (unpaired) electrons. The van der Waals surface area contributed by atoms with Crippen molar-refractivity contribution in [1.82, 2.24) is 19.9 Å². The Hall–Kier alpha value is -2.54. The summed E-state index contributed by atoms with van der Waals surface area (Å²) in [7, 11) is 1.67. The van der Waals surface area contributed by atoms with Gasteiger partial charge in [0, 0.05) is 18.0 Å². The molecule has 158 valence electrons. The van der Waals surface area contributed by atoms with E-state index in [1.54, 1.807) is 25.1 Å². The lowest BCUT2D eigenvalue weighted by Gasteiger charge is -2.22. The first kappa shape index (κ1) is 20.7. The van der Waals surface area contributed by atoms with E-state index in [1.165, 1.54) is 12.8 Å². The number of methoxy groups -OCH3 is 1. The van der Waals surface area contributed by atoms with Crippen LogP contribution in [0, 0.1) is 0 Å².